The maximum absolute atomic E-state index is 12.7. The van der Waals surface area contributed by atoms with Crippen LogP contribution in [-0.4, -0.2) is 26.5 Å². The topological polar surface area (TPSA) is 59.8 Å². The Bertz CT molecular complexity index is 750. The fraction of sp³-hybridized carbons (Fsp3) is 0.526. The first-order valence-corrected chi connectivity index (χ1v) is 8.67. The maximum Gasteiger partial charge on any atom is 0.253 e. The lowest BCUT2D eigenvalue weighted by Crippen LogP contribution is -2.46. The minimum Gasteiger partial charge on any atom is -0.349 e. The Hall–Kier alpha value is -2.17. The van der Waals surface area contributed by atoms with Crippen LogP contribution in [0.25, 0.3) is 5.82 Å². The lowest BCUT2D eigenvalue weighted by atomic mass is 9.69. The third-order valence-corrected chi connectivity index (χ3v) is 6.88. The number of aromatic nitrogens is 3. The highest BCUT2D eigenvalue weighted by molar-refractivity contribution is 5.94. The SMILES string of the molecule is CC1(C)[C@@H]2CC[C@@]1(C)[C@@H](NC(=O)c1ccc(-n3ccnc3)nc1)C2. The van der Waals surface area contributed by atoms with Crippen LogP contribution in [0.5, 0.6) is 0 Å². The predicted molar refractivity (Wildman–Crippen MR) is 91.8 cm³/mol. The number of amides is 1. The first kappa shape index (κ1) is 15.4. The summed E-state index contributed by atoms with van der Waals surface area (Å²) >= 11 is 0. The van der Waals surface area contributed by atoms with E-state index in [4.69, 9.17) is 0 Å². The van der Waals surface area contributed by atoms with E-state index in [1.807, 2.05) is 22.9 Å². The molecule has 4 rings (SSSR count). The van der Waals surface area contributed by atoms with Gasteiger partial charge in [-0.15, -0.1) is 0 Å². The standard InChI is InChI=1S/C19H24N4O/c1-18(2)14-6-7-19(18,3)15(10-14)22-17(24)13-4-5-16(21-11-13)23-9-8-20-12-23/h4-5,8-9,11-12,14-15H,6-7,10H2,1-3H3,(H,22,24)/t14-,15+,19+/m1/s1. The van der Waals surface area contributed by atoms with Gasteiger partial charge in [0.1, 0.15) is 12.1 Å². The molecule has 2 aliphatic carbocycles. The van der Waals surface area contributed by atoms with Crippen LogP contribution in [0.15, 0.2) is 37.1 Å². The Morgan fingerprint density at radius 1 is 1.33 bits per heavy atom. The minimum atomic E-state index is -0.0192. The highest BCUT2D eigenvalue weighted by Gasteiger charge is 2.61. The predicted octanol–water partition coefficient (Wildman–Crippen LogP) is 3.21. The fourth-order valence-electron chi connectivity index (χ4n) is 4.73. The van der Waals surface area contributed by atoms with Gasteiger partial charge in [-0.05, 0) is 48.1 Å². The number of carbonyl (C=O) groups is 1. The van der Waals surface area contributed by atoms with E-state index in [0.29, 0.717) is 11.0 Å². The third kappa shape index (κ3) is 2.10. The van der Waals surface area contributed by atoms with Crippen molar-refractivity contribution >= 4 is 5.91 Å². The number of rotatable bonds is 3. The summed E-state index contributed by atoms with van der Waals surface area (Å²) in [5.74, 6) is 1.46. The van der Waals surface area contributed by atoms with Crippen LogP contribution in [0.4, 0.5) is 0 Å². The Morgan fingerprint density at radius 3 is 2.71 bits per heavy atom. The lowest BCUT2D eigenvalue weighted by molar-refractivity contribution is 0.0826. The summed E-state index contributed by atoms with van der Waals surface area (Å²) in [6.45, 7) is 7.06. The summed E-state index contributed by atoms with van der Waals surface area (Å²) in [6, 6.07) is 3.94. The van der Waals surface area contributed by atoms with E-state index in [2.05, 4.69) is 36.1 Å². The van der Waals surface area contributed by atoms with E-state index in [-0.39, 0.29) is 17.4 Å². The lowest BCUT2D eigenvalue weighted by Gasteiger charge is -2.39. The van der Waals surface area contributed by atoms with Gasteiger partial charge in [-0.3, -0.25) is 9.36 Å². The molecule has 1 N–H and O–H groups in total. The molecule has 0 spiro atoms. The highest BCUT2D eigenvalue weighted by atomic mass is 16.1. The van der Waals surface area contributed by atoms with Crippen molar-refractivity contribution in [3.63, 3.8) is 0 Å². The van der Waals surface area contributed by atoms with Gasteiger partial charge in [0.15, 0.2) is 0 Å². The molecule has 0 aliphatic heterocycles. The number of hydrogen-bond acceptors (Lipinski definition) is 3. The quantitative estimate of drug-likeness (QED) is 0.943. The first-order valence-electron chi connectivity index (χ1n) is 8.67. The van der Waals surface area contributed by atoms with Crippen molar-refractivity contribution in [2.45, 2.75) is 46.1 Å². The molecule has 2 aliphatic rings. The number of hydrogen-bond donors (Lipinski definition) is 1. The molecule has 1 amide bonds. The van der Waals surface area contributed by atoms with Crippen LogP contribution < -0.4 is 5.32 Å². The van der Waals surface area contributed by atoms with Gasteiger partial charge in [0.05, 0.1) is 5.56 Å². The Labute approximate surface area is 142 Å². The van der Waals surface area contributed by atoms with Gasteiger partial charge in [0.2, 0.25) is 0 Å². The average Bonchev–Trinajstić information content (AvgIpc) is 3.22. The van der Waals surface area contributed by atoms with E-state index < -0.39 is 0 Å². The summed E-state index contributed by atoms with van der Waals surface area (Å²) in [5, 5.41) is 3.28. The summed E-state index contributed by atoms with van der Waals surface area (Å²) in [7, 11) is 0. The molecule has 0 unspecified atom stereocenters. The van der Waals surface area contributed by atoms with E-state index in [1.165, 1.54) is 12.8 Å². The number of fused-ring (bicyclic) bond motifs is 2. The van der Waals surface area contributed by atoms with Crippen molar-refractivity contribution in [1.29, 1.82) is 0 Å². The van der Waals surface area contributed by atoms with Gasteiger partial charge in [-0.1, -0.05) is 20.8 Å². The molecular weight excluding hydrogens is 300 g/mol. The third-order valence-electron chi connectivity index (χ3n) is 6.88. The van der Waals surface area contributed by atoms with Gasteiger partial charge < -0.3 is 5.32 Å². The van der Waals surface area contributed by atoms with Crippen LogP contribution >= 0.6 is 0 Å². The van der Waals surface area contributed by atoms with Crippen LogP contribution in [0.3, 0.4) is 0 Å². The number of nitrogens with one attached hydrogen (secondary N) is 1. The molecule has 0 saturated heterocycles. The molecule has 2 fully saturated rings. The Morgan fingerprint density at radius 2 is 2.17 bits per heavy atom. The molecule has 126 valence electrons. The Balaban J connectivity index is 1.49. The molecule has 2 saturated carbocycles. The molecule has 24 heavy (non-hydrogen) atoms. The molecule has 0 aromatic carbocycles. The zero-order chi connectivity index (χ0) is 16.9. The maximum atomic E-state index is 12.7. The number of imidazole rings is 1. The van der Waals surface area contributed by atoms with Gasteiger partial charge in [-0.25, -0.2) is 9.97 Å². The summed E-state index contributed by atoms with van der Waals surface area (Å²) in [5.41, 5.74) is 1.11. The minimum absolute atomic E-state index is 0.0192. The van der Waals surface area contributed by atoms with Crippen molar-refractivity contribution < 1.29 is 4.79 Å². The number of nitrogens with zero attached hydrogens (tertiary/aromatic N) is 3. The number of carbonyl (C=O) groups excluding carboxylic acids is 1. The van der Waals surface area contributed by atoms with Gasteiger partial charge in [0.25, 0.3) is 5.91 Å². The molecule has 2 bridgehead atoms. The van der Waals surface area contributed by atoms with E-state index in [9.17, 15) is 4.79 Å². The molecule has 3 atom stereocenters. The molecular formula is C19H24N4O. The van der Waals surface area contributed by atoms with Crippen molar-refractivity contribution in [2.24, 2.45) is 16.7 Å². The van der Waals surface area contributed by atoms with Gasteiger partial charge in [0, 0.05) is 24.6 Å². The first-order chi connectivity index (χ1) is 11.4. The molecule has 2 heterocycles. The number of pyridine rings is 1. The van der Waals surface area contributed by atoms with E-state index in [0.717, 1.165) is 18.2 Å². The second-order valence-electron chi connectivity index (χ2n) is 8.01. The Kier molecular flexibility index (Phi) is 3.31. The summed E-state index contributed by atoms with van der Waals surface area (Å²) < 4.78 is 1.82. The van der Waals surface area contributed by atoms with Crippen LogP contribution in [-0.2, 0) is 0 Å². The van der Waals surface area contributed by atoms with E-state index in [1.54, 1.807) is 18.7 Å². The normalized spacial score (nSPS) is 30.5. The van der Waals surface area contributed by atoms with Gasteiger partial charge >= 0.3 is 0 Å². The second kappa shape index (κ2) is 5.16. The summed E-state index contributed by atoms with van der Waals surface area (Å²) in [4.78, 5) is 21.0. The smallest absolute Gasteiger partial charge is 0.253 e. The fourth-order valence-corrected chi connectivity index (χ4v) is 4.73. The van der Waals surface area contributed by atoms with Gasteiger partial charge in [-0.2, -0.15) is 0 Å². The second-order valence-corrected chi connectivity index (χ2v) is 8.01. The monoisotopic (exact) mass is 324 g/mol. The van der Waals surface area contributed by atoms with Crippen molar-refractivity contribution in [2.75, 3.05) is 0 Å². The molecule has 2 aromatic rings. The molecule has 0 radical (unpaired) electrons. The summed E-state index contributed by atoms with van der Waals surface area (Å²) in [6.07, 6.45) is 10.5. The molecule has 5 heteroatoms. The molecule has 2 aromatic heterocycles. The zero-order valence-electron chi connectivity index (χ0n) is 14.5. The average molecular weight is 324 g/mol. The zero-order valence-corrected chi connectivity index (χ0v) is 14.5. The van der Waals surface area contributed by atoms with Crippen LogP contribution in [0.2, 0.25) is 0 Å². The van der Waals surface area contributed by atoms with Crippen molar-refractivity contribution in [3.8, 4) is 5.82 Å². The van der Waals surface area contributed by atoms with Crippen molar-refractivity contribution in [3.05, 3.63) is 42.6 Å². The highest BCUT2D eigenvalue weighted by Crippen LogP contribution is 2.65. The van der Waals surface area contributed by atoms with E-state index >= 15 is 0 Å². The largest absolute Gasteiger partial charge is 0.349 e. The van der Waals surface area contributed by atoms with Crippen LogP contribution in [0.1, 0.15) is 50.4 Å². The van der Waals surface area contributed by atoms with Crippen molar-refractivity contribution in [1.82, 2.24) is 19.9 Å². The molecule has 5 nitrogen and oxygen atoms in total. The van der Waals surface area contributed by atoms with Crippen LogP contribution in [0, 0.1) is 16.7 Å².